The first-order chi connectivity index (χ1) is 14.3. The van der Waals surface area contributed by atoms with Gasteiger partial charge in [0.05, 0.1) is 0 Å². The van der Waals surface area contributed by atoms with Crippen LogP contribution in [0.5, 0.6) is 0 Å². The fraction of sp³-hybridized carbons (Fsp3) is 0.200. The van der Waals surface area contributed by atoms with Crippen LogP contribution in [-0.2, 0) is 19.9 Å². The van der Waals surface area contributed by atoms with Gasteiger partial charge >= 0.3 is 11.9 Å². The van der Waals surface area contributed by atoms with E-state index in [2.05, 4.69) is 10.9 Å². The highest BCUT2D eigenvalue weighted by Gasteiger charge is 2.37. The third-order valence-electron chi connectivity index (χ3n) is 4.57. The van der Waals surface area contributed by atoms with E-state index >= 15 is 0 Å². The number of ether oxygens (including phenoxy) is 1. The Morgan fingerprint density at radius 2 is 1.03 bits per heavy atom. The van der Waals surface area contributed by atoms with Gasteiger partial charge in [0.2, 0.25) is 0 Å². The number of nitrogens with one attached hydrogen (secondary N) is 2. The van der Waals surface area contributed by atoms with E-state index in [0.29, 0.717) is 0 Å². The van der Waals surface area contributed by atoms with Gasteiger partial charge in [0.15, 0.2) is 0 Å². The summed E-state index contributed by atoms with van der Waals surface area (Å²) >= 11 is 0. The minimum atomic E-state index is -0.946. The molecule has 0 fully saturated rings. The number of rotatable bonds is 5. The van der Waals surface area contributed by atoms with E-state index < -0.39 is 23.0 Å². The first-order valence-electron chi connectivity index (χ1n) is 9.80. The molecule has 0 saturated heterocycles. The van der Waals surface area contributed by atoms with Crippen LogP contribution in [0.1, 0.15) is 37.5 Å². The molecular formula is C25H26N2O3. The predicted octanol–water partition coefficient (Wildman–Crippen LogP) is 3.94. The molecule has 0 unspecified atom stereocenters. The lowest BCUT2D eigenvalue weighted by molar-refractivity contribution is -0.164. The lowest BCUT2D eigenvalue weighted by Crippen LogP contribution is -2.55. The SMILES string of the molecule is CC(C)(C)OC(=O)C(=O)NNC(c1ccccc1)(c1ccccc1)c1ccccc1. The van der Waals surface area contributed by atoms with Crippen LogP contribution in [0.4, 0.5) is 0 Å². The third-order valence-corrected chi connectivity index (χ3v) is 4.57. The molecule has 3 aromatic carbocycles. The Labute approximate surface area is 177 Å². The summed E-state index contributed by atoms with van der Waals surface area (Å²) in [7, 11) is 0. The normalized spacial score (nSPS) is 11.6. The maximum atomic E-state index is 12.5. The molecule has 3 rings (SSSR count). The van der Waals surface area contributed by atoms with Crippen molar-refractivity contribution < 1.29 is 14.3 Å². The summed E-state index contributed by atoms with van der Waals surface area (Å²) in [5.41, 5.74) is 6.78. The summed E-state index contributed by atoms with van der Waals surface area (Å²) in [5.74, 6) is -1.81. The molecule has 0 atom stereocenters. The summed E-state index contributed by atoms with van der Waals surface area (Å²) in [5, 5.41) is 0. The van der Waals surface area contributed by atoms with Crippen LogP contribution < -0.4 is 10.9 Å². The Morgan fingerprint density at radius 3 is 1.37 bits per heavy atom. The van der Waals surface area contributed by atoms with E-state index in [0.717, 1.165) is 16.7 Å². The minimum absolute atomic E-state index is 0.760. The van der Waals surface area contributed by atoms with E-state index in [9.17, 15) is 9.59 Å². The highest BCUT2D eigenvalue weighted by molar-refractivity contribution is 6.32. The van der Waals surface area contributed by atoms with Crippen LogP contribution >= 0.6 is 0 Å². The summed E-state index contributed by atoms with van der Waals surface area (Å²) in [4.78, 5) is 24.7. The summed E-state index contributed by atoms with van der Waals surface area (Å²) in [6, 6.07) is 29.3. The van der Waals surface area contributed by atoms with Crippen molar-refractivity contribution in [2.45, 2.75) is 31.9 Å². The zero-order chi connectivity index (χ0) is 21.6. The Balaban J connectivity index is 2.06. The molecule has 0 aliphatic carbocycles. The predicted molar refractivity (Wildman–Crippen MR) is 116 cm³/mol. The third kappa shape index (κ3) is 4.75. The van der Waals surface area contributed by atoms with Gasteiger partial charge < -0.3 is 4.74 Å². The first-order valence-corrected chi connectivity index (χ1v) is 9.80. The topological polar surface area (TPSA) is 67.4 Å². The smallest absolute Gasteiger partial charge is 0.398 e. The zero-order valence-corrected chi connectivity index (χ0v) is 17.4. The van der Waals surface area contributed by atoms with E-state index in [1.165, 1.54) is 0 Å². The Bertz CT molecular complexity index is 885. The molecule has 3 aromatic rings. The van der Waals surface area contributed by atoms with Gasteiger partial charge in [-0.25, -0.2) is 10.2 Å². The van der Waals surface area contributed by atoms with Gasteiger partial charge in [-0.2, -0.15) is 0 Å². The molecule has 0 radical (unpaired) electrons. The number of carbonyl (C=O) groups excluding carboxylic acids is 2. The average Bonchev–Trinajstić information content (AvgIpc) is 2.75. The van der Waals surface area contributed by atoms with Gasteiger partial charge in [-0.1, -0.05) is 91.0 Å². The van der Waals surface area contributed by atoms with E-state index in [1.807, 2.05) is 91.0 Å². The molecule has 0 saturated carbocycles. The lowest BCUT2D eigenvalue weighted by atomic mass is 9.77. The number of esters is 1. The van der Waals surface area contributed by atoms with Crippen molar-refractivity contribution in [2.75, 3.05) is 0 Å². The molecule has 0 spiro atoms. The quantitative estimate of drug-likeness (QED) is 0.294. The van der Waals surface area contributed by atoms with Crippen molar-refractivity contribution in [1.29, 1.82) is 0 Å². The summed E-state index contributed by atoms with van der Waals surface area (Å²) in [6.45, 7) is 5.15. The zero-order valence-electron chi connectivity index (χ0n) is 17.4. The Kier molecular flexibility index (Phi) is 6.33. The number of hydrogen-bond acceptors (Lipinski definition) is 4. The van der Waals surface area contributed by atoms with Gasteiger partial charge in [-0.05, 0) is 37.5 Å². The van der Waals surface area contributed by atoms with Crippen molar-refractivity contribution in [3.05, 3.63) is 108 Å². The molecule has 2 N–H and O–H groups in total. The Hall–Kier alpha value is -3.44. The molecule has 0 heterocycles. The van der Waals surface area contributed by atoms with Gasteiger partial charge in [0, 0.05) is 0 Å². The maximum absolute atomic E-state index is 12.5. The van der Waals surface area contributed by atoms with Gasteiger partial charge in [0.25, 0.3) is 0 Å². The van der Waals surface area contributed by atoms with E-state index in [1.54, 1.807) is 20.8 Å². The molecule has 154 valence electrons. The second-order valence-electron chi connectivity index (χ2n) is 7.93. The average molecular weight is 402 g/mol. The Morgan fingerprint density at radius 1 is 0.667 bits per heavy atom. The number of hydrazine groups is 1. The monoisotopic (exact) mass is 402 g/mol. The minimum Gasteiger partial charge on any atom is -0.453 e. The second-order valence-corrected chi connectivity index (χ2v) is 7.93. The highest BCUT2D eigenvalue weighted by Crippen LogP contribution is 2.36. The standard InChI is InChI=1S/C25H26N2O3/c1-24(2,3)30-23(29)22(28)26-27-25(19-13-7-4-8-14-19,20-15-9-5-10-16-20)21-17-11-6-12-18-21/h4-18,27H,1-3H3,(H,26,28). The van der Waals surface area contributed by atoms with E-state index in [-0.39, 0.29) is 0 Å². The molecule has 0 aliphatic rings. The van der Waals surface area contributed by atoms with Crippen LogP contribution in [0.3, 0.4) is 0 Å². The van der Waals surface area contributed by atoms with Gasteiger partial charge in [0.1, 0.15) is 11.1 Å². The van der Waals surface area contributed by atoms with Crippen LogP contribution in [0, 0.1) is 0 Å². The number of amides is 1. The van der Waals surface area contributed by atoms with Crippen LogP contribution in [0.2, 0.25) is 0 Å². The number of benzene rings is 3. The van der Waals surface area contributed by atoms with Gasteiger partial charge in [-0.3, -0.25) is 10.2 Å². The number of hydrogen-bond donors (Lipinski definition) is 2. The van der Waals surface area contributed by atoms with Crippen LogP contribution in [0.25, 0.3) is 0 Å². The summed E-state index contributed by atoms with van der Waals surface area (Å²) in [6.07, 6.45) is 0. The van der Waals surface area contributed by atoms with Crippen LogP contribution in [0.15, 0.2) is 91.0 Å². The van der Waals surface area contributed by atoms with Crippen molar-refractivity contribution >= 4 is 11.9 Å². The maximum Gasteiger partial charge on any atom is 0.398 e. The highest BCUT2D eigenvalue weighted by atomic mass is 16.6. The molecule has 5 heteroatoms. The molecule has 0 aliphatic heterocycles. The van der Waals surface area contributed by atoms with Crippen molar-refractivity contribution in [3.63, 3.8) is 0 Å². The van der Waals surface area contributed by atoms with Gasteiger partial charge in [-0.15, -0.1) is 0 Å². The first kappa shape index (κ1) is 21.3. The molecule has 1 amide bonds. The largest absolute Gasteiger partial charge is 0.453 e. The molecule has 30 heavy (non-hydrogen) atoms. The summed E-state index contributed by atoms with van der Waals surface area (Å²) < 4.78 is 5.19. The van der Waals surface area contributed by atoms with E-state index in [4.69, 9.17) is 4.74 Å². The van der Waals surface area contributed by atoms with Crippen LogP contribution in [-0.4, -0.2) is 17.5 Å². The molecule has 5 nitrogen and oxygen atoms in total. The fourth-order valence-electron chi connectivity index (χ4n) is 3.31. The number of carbonyl (C=O) groups is 2. The fourth-order valence-corrected chi connectivity index (χ4v) is 3.31. The molecular weight excluding hydrogens is 376 g/mol. The lowest BCUT2D eigenvalue weighted by Gasteiger charge is -2.36. The molecule has 0 aromatic heterocycles. The second kappa shape index (κ2) is 8.93. The molecule has 0 bridgehead atoms. The van der Waals surface area contributed by atoms with Crippen molar-refractivity contribution in [1.82, 2.24) is 10.9 Å². The van der Waals surface area contributed by atoms with Crippen molar-refractivity contribution in [3.8, 4) is 0 Å². The van der Waals surface area contributed by atoms with Crippen molar-refractivity contribution in [2.24, 2.45) is 0 Å².